The molecule has 2 heteroatoms. The van der Waals surface area contributed by atoms with Crippen molar-refractivity contribution in [1.29, 1.82) is 0 Å². The Morgan fingerprint density at radius 3 is 1.98 bits per heavy atom. The smallest absolute Gasteiger partial charge is 0.306 e. The second kappa shape index (κ2) is 19.6. The fourth-order valence-corrected chi connectivity index (χ4v) is 11.6. The molecule has 4 rings (SSSR count). The Bertz CT molecular complexity index is 934. The zero-order valence-electron chi connectivity index (χ0n) is 32.5. The van der Waals surface area contributed by atoms with Gasteiger partial charge in [-0.15, -0.1) is 0 Å². The Morgan fingerprint density at radius 2 is 1.36 bits per heavy atom. The van der Waals surface area contributed by atoms with Crippen LogP contribution in [0, 0.1) is 46.3 Å². The standard InChI is InChI=1S/C45H80O2/c1-7-8-9-10-11-12-13-14-15-16-17-18-19-20-21-25-43(46)47-38-30-32-44(5)37(34-38)26-27-39-41-29-28-40(36(4)24-22-23-35(2)3)45(41,6)33-31-42(39)44/h26,35-36,38-42H,7-25,27-34H2,1-6H3/t36-,38?,39+,40-,41+,42+,44+,45-/m1/s1. The van der Waals surface area contributed by atoms with E-state index in [1.807, 2.05) is 0 Å². The lowest BCUT2D eigenvalue weighted by atomic mass is 9.47. The summed E-state index contributed by atoms with van der Waals surface area (Å²) in [6.45, 7) is 15.0. The Balaban J connectivity index is 1.10. The Kier molecular flexibility index (Phi) is 16.2. The van der Waals surface area contributed by atoms with E-state index in [9.17, 15) is 4.79 Å². The van der Waals surface area contributed by atoms with Gasteiger partial charge in [0.2, 0.25) is 0 Å². The van der Waals surface area contributed by atoms with Crippen molar-refractivity contribution in [2.75, 3.05) is 0 Å². The summed E-state index contributed by atoms with van der Waals surface area (Å²) in [4.78, 5) is 12.8. The van der Waals surface area contributed by atoms with Crippen LogP contribution in [0.15, 0.2) is 11.6 Å². The highest BCUT2D eigenvalue weighted by molar-refractivity contribution is 5.69. The molecule has 4 aliphatic rings. The van der Waals surface area contributed by atoms with Gasteiger partial charge in [0.05, 0.1) is 0 Å². The lowest BCUT2D eigenvalue weighted by Crippen LogP contribution is -2.51. The first kappa shape index (κ1) is 39.0. The maximum atomic E-state index is 12.8. The number of carbonyl (C=O) groups is 1. The highest BCUT2D eigenvalue weighted by Gasteiger charge is 2.59. The molecule has 0 aromatic rings. The molecular weight excluding hydrogens is 572 g/mol. The van der Waals surface area contributed by atoms with Crippen molar-refractivity contribution in [3.8, 4) is 0 Å². The van der Waals surface area contributed by atoms with Gasteiger partial charge in [0.15, 0.2) is 0 Å². The predicted molar refractivity (Wildman–Crippen MR) is 202 cm³/mol. The molecule has 0 saturated heterocycles. The fourth-order valence-electron chi connectivity index (χ4n) is 11.6. The highest BCUT2D eigenvalue weighted by atomic mass is 16.5. The van der Waals surface area contributed by atoms with Gasteiger partial charge in [-0.3, -0.25) is 4.79 Å². The van der Waals surface area contributed by atoms with E-state index < -0.39 is 0 Å². The Labute approximate surface area is 293 Å². The summed E-state index contributed by atoms with van der Waals surface area (Å²) in [5.74, 6) is 5.34. The molecule has 0 aromatic carbocycles. The summed E-state index contributed by atoms with van der Waals surface area (Å²) >= 11 is 0. The molecule has 0 spiro atoms. The van der Waals surface area contributed by atoms with Crippen molar-refractivity contribution in [1.82, 2.24) is 0 Å². The number of unbranched alkanes of at least 4 members (excludes halogenated alkanes) is 14. The number of esters is 1. The van der Waals surface area contributed by atoms with Crippen molar-refractivity contribution in [2.45, 2.75) is 221 Å². The summed E-state index contributed by atoms with van der Waals surface area (Å²) in [5.41, 5.74) is 2.54. The molecule has 3 saturated carbocycles. The third-order valence-corrected chi connectivity index (χ3v) is 14.5. The second-order valence-electron chi connectivity index (χ2n) is 18.3. The van der Waals surface area contributed by atoms with Crippen LogP contribution in [-0.2, 0) is 9.53 Å². The van der Waals surface area contributed by atoms with Crippen LogP contribution >= 0.6 is 0 Å². The molecule has 8 atom stereocenters. The molecule has 0 bridgehead atoms. The molecule has 47 heavy (non-hydrogen) atoms. The van der Waals surface area contributed by atoms with E-state index in [4.69, 9.17) is 4.74 Å². The number of hydrogen-bond acceptors (Lipinski definition) is 2. The number of fused-ring (bicyclic) bond motifs is 5. The molecule has 0 heterocycles. The quantitative estimate of drug-likeness (QED) is 0.0661. The zero-order chi connectivity index (χ0) is 33.7. The van der Waals surface area contributed by atoms with Gasteiger partial charge in [-0.2, -0.15) is 0 Å². The van der Waals surface area contributed by atoms with Gasteiger partial charge in [0.25, 0.3) is 0 Å². The third-order valence-electron chi connectivity index (χ3n) is 14.5. The minimum absolute atomic E-state index is 0.0653. The second-order valence-corrected chi connectivity index (χ2v) is 18.3. The molecule has 272 valence electrons. The summed E-state index contributed by atoms with van der Waals surface area (Å²) in [6, 6.07) is 0. The van der Waals surface area contributed by atoms with Crippen LogP contribution in [0.5, 0.6) is 0 Å². The van der Waals surface area contributed by atoms with Gasteiger partial charge in [0, 0.05) is 12.8 Å². The van der Waals surface area contributed by atoms with E-state index in [0.717, 1.165) is 54.8 Å². The fraction of sp³-hybridized carbons (Fsp3) is 0.933. The molecular formula is C45H80O2. The maximum absolute atomic E-state index is 12.8. The number of carbonyl (C=O) groups excluding carboxylic acids is 1. The van der Waals surface area contributed by atoms with E-state index in [2.05, 4.69) is 47.6 Å². The monoisotopic (exact) mass is 653 g/mol. The van der Waals surface area contributed by atoms with Gasteiger partial charge in [0.1, 0.15) is 6.10 Å². The van der Waals surface area contributed by atoms with Crippen LogP contribution in [0.1, 0.15) is 215 Å². The van der Waals surface area contributed by atoms with Gasteiger partial charge < -0.3 is 4.74 Å². The van der Waals surface area contributed by atoms with E-state index in [0.29, 0.717) is 17.3 Å². The number of allylic oxidation sites excluding steroid dienone is 1. The van der Waals surface area contributed by atoms with Gasteiger partial charge in [-0.25, -0.2) is 0 Å². The van der Waals surface area contributed by atoms with Gasteiger partial charge in [-0.05, 0) is 97.7 Å². The van der Waals surface area contributed by atoms with Crippen LogP contribution in [0.4, 0.5) is 0 Å². The highest BCUT2D eigenvalue weighted by Crippen LogP contribution is 2.67. The third kappa shape index (κ3) is 10.8. The first-order valence-electron chi connectivity index (χ1n) is 21.6. The van der Waals surface area contributed by atoms with Crippen LogP contribution < -0.4 is 0 Å². The summed E-state index contributed by atoms with van der Waals surface area (Å²) < 4.78 is 6.13. The Morgan fingerprint density at radius 1 is 0.745 bits per heavy atom. The van der Waals surface area contributed by atoms with Gasteiger partial charge >= 0.3 is 5.97 Å². The predicted octanol–water partition coefficient (Wildman–Crippen LogP) is 14.2. The first-order chi connectivity index (χ1) is 22.7. The van der Waals surface area contributed by atoms with Crippen molar-refractivity contribution in [3.05, 3.63) is 11.6 Å². The largest absolute Gasteiger partial charge is 0.462 e. The molecule has 2 nitrogen and oxygen atoms in total. The van der Waals surface area contributed by atoms with Crippen molar-refractivity contribution >= 4 is 5.97 Å². The van der Waals surface area contributed by atoms with E-state index in [-0.39, 0.29) is 12.1 Å². The minimum Gasteiger partial charge on any atom is -0.462 e. The van der Waals surface area contributed by atoms with Gasteiger partial charge in [-0.1, -0.05) is 162 Å². The Hall–Kier alpha value is -0.790. The summed E-state index contributed by atoms with van der Waals surface area (Å²) in [7, 11) is 0. The molecule has 3 fully saturated rings. The molecule has 0 radical (unpaired) electrons. The van der Waals surface area contributed by atoms with Crippen molar-refractivity contribution < 1.29 is 9.53 Å². The maximum Gasteiger partial charge on any atom is 0.306 e. The van der Waals surface area contributed by atoms with Crippen LogP contribution in [0.25, 0.3) is 0 Å². The van der Waals surface area contributed by atoms with E-state index >= 15 is 0 Å². The lowest BCUT2D eigenvalue weighted by molar-refractivity contribution is -0.151. The van der Waals surface area contributed by atoms with Crippen LogP contribution in [-0.4, -0.2) is 12.1 Å². The number of hydrogen-bond donors (Lipinski definition) is 0. The lowest BCUT2D eigenvalue weighted by Gasteiger charge is -2.58. The van der Waals surface area contributed by atoms with E-state index in [1.54, 1.807) is 5.57 Å². The molecule has 0 N–H and O–H groups in total. The topological polar surface area (TPSA) is 26.3 Å². The number of ether oxygens (including phenoxy) is 1. The molecule has 0 aromatic heterocycles. The average Bonchev–Trinajstić information content (AvgIpc) is 3.40. The van der Waals surface area contributed by atoms with Crippen LogP contribution in [0.3, 0.4) is 0 Å². The zero-order valence-corrected chi connectivity index (χ0v) is 32.5. The number of rotatable bonds is 22. The van der Waals surface area contributed by atoms with Crippen molar-refractivity contribution in [3.63, 3.8) is 0 Å². The molecule has 0 amide bonds. The average molecular weight is 653 g/mol. The molecule has 0 aliphatic heterocycles. The summed E-state index contributed by atoms with van der Waals surface area (Å²) in [5, 5.41) is 0. The normalized spacial score (nSPS) is 32.4. The van der Waals surface area contributed by atoms with E-state index in [1.165, 1.54) is 148 Å². The SMILES string of the molecule is CCCCCCCCCCCCCCCCCC(=O)OC1CC[C@@]2(C)C(=CC[C@H]3[C@@H]4CC[C@H]([C@H](C)CCCC(C)C)[C@@]4(C)CC[C@@H]32)C1. The van der Waals surface area contributed by atoms with Crippen LogP contribution in [0.2, 0.25) is 0 Å². The minimum atomic E-state index is 0.0653. The first-order valence-corrected chi connectivity index (χ1v) is 21.6. The molecule has 1 unspecified atom stereocenters. The summed E-state index contributed by atoms with van der Waals surface area (Å²) in [6.07, 6.45) is 38.4. The van der Waals surface area contributed by atoms with Crippen molar-refractivity contribution in [2.24, 2.45) is 46.3 Å². The molecule has 4 aliphatic carbocycles.